The SMILES string of the molecule is O=CC1CC2C=CC1C2.OC(C1CC2C=CC1C2)C(F)(F)C(O)(O)C(F)(F)F.OC1(C(F)(F)F)OCOC(C2CC3C=CC2C3)C1(F)F.[Li+].[O-]C(=C(F)F)C(F)(F)F. The van der Waals surface area contributed by atoms with Crippen LogP contribution in [0.25, 0.3) is 0 Å². The van der Waals surface area contributed by atoms with Gasteiger partial charge in [-0.05, 0) is 85.9 Å². The number of hydrogen-bond acceptors (Lipinski definition) is 8. The molecule has 0 aromatic heterocycles. The van der Waals surface area contributed by atoms with Crippen LogP contribution in [0.5, 0.6) is 0 Å². The summed E-state index contributed by atoms with van der Waals surface area (Å²) in [7, 11) is 0. The quantitative estimate of drug-likeness (QED) is 0.0826. The van der Waals surface area contributed by atoms with Gasteiger partial charge in [0, 0.05) is 11.7 Å². The van der Waals surface area contributed by atoms with Crippen molar-refractivity contribution in [2.75, 3.05) is 6.79 Å². The van der Waals surface area contributed by atoms with Crippen molar-refractivity contribution < 1.29 is 125 Å². The fraction of sp³-hybridized carbons (Fsp3) is 0.735. The van der Waals surface area contributed by atoms with Crippen LogP contribution in [0.3, 0.4) is 0 Å². The molecule has 4 N–H and O–H groups in total. The number of fused-ring (bicyclic) bond motifs is 6. The molecule has 0 aromatic carbocycles. The van der Waals surface area contributed by atoms with Gasteiger partial charge in [0.15, 0.2) is 6.79 Å². The maximum Gasteiger partial charge on any atom is 1.00 e. The molecule has 58 heavy (non-hydrogen) atoms. The number of aliphatic hydroxyl groups excluding tert-OH is 1. The van der Waals surface area contributed by atoms with Crippen LogP contribution in [0.2, 0.25) is 0 Å². The van der Waals surface area contributed by atoms with E-state index in [1.54, 1.807) is 18.2 Å². The van der Waals surface area contributed by atoms with Crippen molar-refractivity contribution in [3.8, 4) is 0 Å². The van der Waals surface area contributed by atoms with Gasteiger partial charge in [-0.15, -0.1) is 0 Å². The van der Waals surface area contributed by atoms with Gasteiger partial charge < -0.3 is 39.8 Å². The molecule has 24 heteroatoms. The fourth-order valence-electron chi connectivity index (χ4n) is 8.36. The monoisotopic (exact) mass is 864 g/mol. The number of allylic oxidation sites excluding steroid dienone is 7. The first-order chi connectivity index (χ1) is 25.9. The van der Waals surface area contributed by atoms with Gasteiger partial charge in [-0.25, -0.2) is 0 Å². The van der Waals surface area contributed by atoms with E-state index < -0.39 is 90.5 Å². The van der Waals surface area contributed by atoms with Crippen molar-refractivity contribution in [2.45, 2.75) is 92.7 Å². The van der Waals surface area contributed by atoms with Gasteiger partial charge in [0.25, 0.3) is 6.08 Å². The zero-order valence-corrected chi connectivity index (χ0v) is 29.9. The summed E-state index contributed by atoms with van der Waals surface area (Å²) < 4.78 is 193. The van der Waals surface area contributed by atoms with E-state index >= 15 is 0 Å². The predicted octanol–water partition coefficient (Wildman–Crippen LogP) is 3.31. The Bertz CT molecular complexity index is 1560. The molecule has 0 radical (unpaired) electrons. The third-order valence-corrected chi connectivity index (χ3v) is 11.3. The number of aliphatic hydroxyl groups is 4. The van der Waals surface area contributed by atoms with E-state index in [2.05, 4.69) is 16.9 Å². The first kappa shape index (κ1) is 50.1. The van der Waals surface area contributed by atoms with Gasteiger partial charge in [-0.2, -0.15) is 65.9 Å². The summed E-state index contributed by atoms with van der Waals surface area (Å²) in [6, 6.07) is 0. The van der Waals surface area contributed by atoms with Crippen LogP contribution in [0.15, 0.2) is 48.3 Å². The topological polar surface area (TPSA) is 140 Å². The van der Waals surface area contributed by atoms with Gasteiger partial charge in [0.05, 0.1) is 0 Å². The third-order valence-electron chi connectivity index (χ3n) is 11.3. The Morgan fingerprint density at radius 1 is 0.759 bits per heavy atom. The second-order valence-corrected chi connectivity index (χ2v) is 14.9. The molecule has 6 aliphatic carbocycles. The molecule has 1 saturated heterocycles. The van der Waals surface area contributed by atoms with E-state index in [9.17, 15) is 86.0 Å². The van der Waals surface area contributed by atoms with E-state index in [1.807, 2.05) is 6.08 Å². The Kier molecular flexibility index (Phi) is 15.2. The molecule has 0 aromatic rings. The van der Waals surface area contributed by atoms with Gasteiger partial charge in [0.1, 0.15) is 18.5 Å². The Morgan fingerprint density at radius 3 is 1.55 bits per heavy atom. The van der Waals surface area contributed by atoms with Crippen LogP contribution in [-0.2, 0) is 14.3 Å². The molecule has 3 saturated carbocycles. The molecule has 7 rings (SSSR count). The molecule has 6 bridgehead atoms. The zero-order chi connectivity index (χ0) is 43.3. The fourth-order valence-corrected chi connectivity index (χ4v) is 8.36. The molecule has 0 spiro atoms. The Balaban J connectivity index is 0.000000219. The summed E-state index contributed by atoms with van der Waals surface area (Å²) in [6.07, 6.45) is -8.50. The summed E-state index contributed by atoms with van der Waals surface area (Å²) in [5.74, 6) is -23.2. The van der Waals surface area contributed by atoms with Gasteiger partial charge in [0.2, 0.25) is 0 Å². The first-order valence-corrected chi connectivity index (χ1v) is 17.2. The van der Waals surface area contributed by atoms with Crippen molar-refractivity contribution >= 4 is 6.29 Å². The van der Waals surface area contributed by atoms with Crippen LogP contribution in [0, 0.1) is 53.3 Å². The molecular weight excluding hydrogens is 828 g/mol. The summed E-state index contributed by atoms with van der Waals surface area (Å²) in [5.41, 5.74) is 0. The van der Waals surface area contributed by atoms with E-state index in [-0.39, 0.29) is 43.0 Å². The number of hydrogen-bond donors (Lipinski definition) is 4. The van der Waals surface area contributed by atoms with E-state index in [1.165, 1.54) is 6.42 Å². The predicted molar refractivity (Wildman–Crippen MR) is 159 cm³/mol. The number of carbonyl (C=O) groups is 1. The van der Waals surface area contributed by atoms with Gasteiger partial charge in [-0.1, -0.05) is 36.5 Å². The van der Waals surface area contributed by atoms with Crippen molar-refractivity contribution in [1.82, 2.24) is 0 Å². The molecule has 1 aliphatic heterocycles. The van der Waals surface area contributed by atoms with Crippen molar-refractivity contribution in [3.63, 3.8) is 0 Å². The van der Waals surface area contributed by atoms with Crippen LogP contribution in [0.4, 0.5) is 65.9 Å². The smallest absolute Gasteiger partial charge is 0.866 e. The Labute approximate surface area is 331 Å². The first-order valence-electron chi connectivity index (χ1n) is 17.2. The minimum absolute atomic E-state index is 0. The average molecular weight is 865 g/mol. The number of halogens is 15. The van der Waals surface area contributed by atoms with Gasteiger partial charge in [-0.3, -0.25) is 0 Å². The van der Waals surface area contributed by atoms with E-state index in [0.29, 0.717) is 31.1 Å². The Hall–Kier alpha value is -2.26. The van der Waals surface area contributed by atoms with E-state index in [0.717, 1.165) is 18.6 Å². The second kappa shape index (κ2) is 17.6. The molecule has 7 aliphatic rings. The third kappa shape index (κ3) is 9.76. The number of aldehydes is 1. The average Bonchev–Trinajstić information content (AvgIpc) is 3.97. The van der Waals surface area contributed by atoms with Crippen LogP contribution in [0.1, 0.15) is 38.5 Å². The van der Waals surface area contributed by atoms with Crippen molar-refractivity contribution in [3.05, 3.63) is 48.3 Å². The van der Waals surface area contributed by atoms with Gasteiger partial charge >= 0.3 is 60.8 Å². The molecule has 4 fully saturated rings. The zero-order valence-electron chi connectivity index (χ0n) is 29.9. The number of alkyl halides is 13. The normalized spacial score (nSPS) is 35.8. The van der Waals surface area contributed by atoms with Crippen molar-refractivity contribution in [2.24, 2.45) is 53.3 Å². The molecule has 8 nitrogen and oxygen atoms in total. The Morgan fingerprint density at radius 2 is 1.24 bits per heavy atom. The summed E-state index contributed by atoms with van der Waals surface area (Å²) >= 11 is 0. The summed E-state index contributed by atoms with van der Waals surface area (Å²) in [4.78, 5) is 10.4. The standard InChI is InChI=1S/C12H13F5O3.C11H13F5O3.C8H10O.C3HF5O.Li/c13-10(14)9(8-4-6-1-2-7(8)3-6)19-5-20-11(10,18)12(15,16)17;12-9(13,10(18,19)11(14,15)16)8(17)7-4-5-1-2-6(7)3-5;9-5-8-4-6-1-2-7(8)3-6;4-2(5)1(9)3(6,7)8;/h1-2,6-9,18H,3-5H2;1-2,5-8,17-19H,3-4H2;1-2,5-8H,3-4H2;9H;/q;;;;+1/p-1. The number of ether oxygens (including phenoxy) is 2. The van der Waals surface area contributed by atoms with Crippen LogP contribution in [-0.4, -0.2) is 87.7 Å². The summed E-state index contributed by atoms with van der Waals surface area (Å²) in [6.45, 7) is -1.01. The molecular formula is C34H36F15LiO8. The molecule has 1 heterocycles. The molecule has 12 unspecified atom stereocenters. The van der Waals surface area contributed by atoms with E-state index in [4.69, 9.17) is 14.9 Å². The van der Waals surface area contributed by atoms with Crippen LogP contribution < -0.4 is 24.0 Å². The number of carbonyl (C=O) groups excluding carboxylic acids is 1. The maximum atomic E-state index is 14.1. The van der Waals surface area contributed by atoms with Crippen molar-refractivity contribution in [1.29, 1.82) is 0 Å². The minimum Gasteiger partial charge on any atom is -0.866 e. The largest absolute Gasteiger partial charge is 1.00 e. The molecule has 326 valence electrons. The maximum absolute atomic E-state index is 14.1. The molecule has 12 atom stereocenters. The van der Waals surface area contributed by atoms with Crippen LogP contribution >= 0.6 is 0 Å². The minimum atomic E-state index is -5.95. The summed E-state index contributed by atoms with van der Waals surface area (Å²) in [5, 5.41) is 45.5. The molecule has 0 amide bonds. The number of rotatable bonds is 5. The second-order valence-electron chi connectivity index (χ2n) is 14.9.